The van der Waals surface area contributed by atoms with E-state index in [9.17, 15) is 9.18 Å². The summed E-state index contributed by atoms with van der Waals surface area (Å²) in [6.07, 6.45) is 0.571. The average molecular weight is 668 g/mol. The highest BCUT2D eigenvalue weighted by Gasteiger charge is 2.52. The number of halogens is 3. The van der Waals surface area contributed by atoms with Crippen molar-refractivity contribution in [3.63, 3.8) is 0 Å². The Labute approximate surface area is 254 Å². The van der Waals surface area contributed by atoms with Gasteiger partial charge in [0.15, 0.2) is 14.1 Å². The highest BCUT2D eigenvalue weighted by atomic mass is 79.9. The van der Waals surface area contributed by atoms with Crippen LogP contribution in [-0.4, -0.2) is 52.5 Å². The minimum atomic E-state index is -1.90. The first-order chi connectivity index (χ1) is 19.0. The summed E-state index contributed by atoms with van der Waals surface area (Å²) < 4.78 is 29.4. The molecule has 222 valence electrons. The predicted molar refractivity (Wildman–Crippen MR) is 163 cm³/mol. The smallest absolute Gasteiger partial charge is 0.258 e. The summed E-state index contributed by atoms with van der Waals surface area (Å²) in [7, 11) is -0.208. The van der Waals surface area contributed by atoms with E-state index in [1.165, 1.54) is 18.3 Å². The summed E-state index contributed by atoms with van der Waals surface area (Å²) in [6.45, 7) is 15.8. The van der Waals surface area contributed by atoms with Crippen LogP contribution in [0, 0.1) is 18.7 Å². The molecule has 3 atom stereocenters. The number of hydrogen-bond acceptors (Lipinski definition) is 7. The molecule has 0 spiro atoms. The fourth-order valence-electron chi connectivity index (χ4n) is 5.26. The number of nitrogen functional groups attached to an aromatic ring is 1. The first kappa shape index (κ1) is 31.4. The van der Waals surface area contributed by atoms with E-state index in [0.717, 1.165) is 11.4 Å². The van der Waals surface area contributed by atoms with Gasteiger partial charge in [-0.1, -0.05) is 32.4 Å². The van der Waals surface area contributed by atoms with Gasteiger partial charge < -0.3 is 19.8 Å². The zero-order valence-corrected chi connectivity index (χ0v) is 28.0. The molecule has 3 aromatic rings. The number of aromatic nitrogens is 4. The molecule has 41 heavy (non-hydrogen) atoms. The third-order valence-electron chi connectivity index (χ3n) is 8.67. The molecule has 0 radical (unpaired) electrons. The fourth-order valence-corrected chi connectivity index (χ4v) is 8.09. The summed E-state index contributed by atoms with van der Waals surface area (Å²) >= 11 is 9.65. The number of nitrogens with zero attached hydrogens (tertiary/aromatic N) is 5. The maximum Gasteiger partial charge on any atom is 0.258 e. The molecule has 1 fully saturated rings. The minimum absolute atomic E-state index is 0.0206. The van der Waals surface area contributed by atoms with Crippen LogP contribution in [0.15, 0.2) is 29.0 Å². The number of nitrogens with two attached hydrogens (primary N) is 1. The van der Waals surface area contributed by atoms with Crippen molar-refractivity contribution >= 4 is 47.6 Å². The molecular formula is C28H37BrClFN6O3Si. The van der Waals surface area contributed by atoms with Crippen LogP contribution in [0.4, 0.5) is 10.2 Å². The normalized spacial score (nSPS) is 20.5. The number of benzene rings is 1. The van der Waals surface area contributed by atoms with Crippen molar-refractivity contribution in [1.29, 1.82) is 0 Å². The number of carbonyl (C=O) groups excluding carboxylic acids is 1. The van der Waals surface area contributed by atoms with Gasteiger partial charge in [0, 0.05) is 18.2 Å². The molecule has 1 saturated heterocycles. The van der Waals surface area contributed by atoms with Crippen molar-refractivity contribution in [3.8, 4) is 5.88 Å². The molecular weight excluding hydrogens is 631 g/mol. The van der Waals surface area contributed by atoms with E-state index in [0.29, 0.717) is 17.1 Å². The summed E-state index contributed by atoms with van der Waals surface area (Å²) in [4.78, 5) is 23.6. The van der Waals surface area contributed by atoms with Crippen LogP contribution in [0.25, 0.3) is 0 Å². The summed E-state index contributed by atoms with van der Waals surface area (Å²) in [5.41, 5.74) is 8.05. The van der Waals surface area contributed by atoms with Crippen LogP contribution in [-0.2, 0) is 11.0 Å². The van der Waals surface area contributed by atoms with Crippen molar-refractivity contribution in [3.05, 3.63) is 62.4 Å². The molecule has 1 aliphatic rings. The van der Waals surface area contributed by atoms with Crippen molar-refractivity contribution < 1.29 is 18.3 Å². The first-order valence-electron chi connectivity index (χ1n) is 13.4. The van der Waals surface area contributed by atoms with E-state index in [2.05, 4.69) is 59.8 Å². The second-order valence-electron chi connectivity index (χ2n) is 11.7. The van der Waals surface area contributed by atoms with Crippen molar-refractivity contribution in [1.82, 2.24) is 24.6 Å². The largest absolute Gasteiger partial charge is 0.467 e. The summed E-state index contributed by atoms with van der Waals surface area (Å²) in [5, 5.41) is 4.63. The van der Waals surface area contributed by atoms with E-state index in [1.807, 2.05) is 17.7 Å². The number of ether oxygens (including phenoxy) is 1. The zero-order valence-electron chi connectivity index (χ0n) is 24.6. The number of hydrogen-bond donors (Lipinski definition) is 1. The Morgan fingerprint density at radius 1 is 1.41 bits per heavy atom. The van der Waals surface area contributed by atoms with Crippen molar-refractivity contribution in [2.24, 2.45) is 5.92 Å². The maximum absolute atomic E-state index is 14.6. The monoisotopic (exact) mass is 666 g/mol. The fraction of sp³-hybridized carbons (Fsp3) is 0.500. The lowest BCUT2D eigenvalue weighted by molar-refractivity contribution is 0.0763. The Hall–Kier alpha value is -2.54. The number of anilines is 1. The number of amides is 1. The number of carbonyl (C=O) groups is 1. The van der Waals surface area contributed by atoms with Crippen molar-refractivity contribution in [2.75, 3.05) is 19.4 Å². The lowest BCUT2D eigenvalue weighted by Crippen LogP contribution is -2.54. The molecule has 0 bridgehead atoms. The van der Waals surface area contributed by atoms with Gasteiger partial charge in [0.05, 0.1) is 41.8 Å². The molecule has 0 aliphatic carbocycles. The Balaban J connectivity index is 1.63. The van der Waals surface area contributed by atoms with Crippen molar-refractivity contribution in [2.45, 2.75) is 71.4 Å². The SMILES string of the molecule is Cc1cc(CN(C)C(=O)c2ccc(F)c(Cl)c2C(C)Oc2nc(Br)cnc2N)n(C2CO[Si](C)(C)C(C)(C)C2C)n1. The number of aryl methyl sites for hydroxylation is 1. The first-order valence-corrected chi connectivity index (χ1v) is 17.5. The van der Waals surface area contributed by atoms with Crippen LogP contribution >= 0.6 is 27.5 Å². The van der Waals surface area contributed by atoms with Gasteiger partial charge >= 0.3 is 0 Å². The lowest BCUT2D eigenvalue weighted by atomic mass is 9.89. The van der Waals surface area contributed by atoms with Gasteiger partial charge in [0.2, 0.25) is 0 Å². The topological polar surface area (TPSA) is 108 Å². The Morgan fingerprint density at radius 3 is 2.78 bits per heavy atom. The third-order valence-corrected chi connectivity index (χ3v) is 13.9. The van der Waals surface area contributed by atoms with Gasteiger partial charge in [-0.15, -0.1) is 0 Å². The van der Waals surface area contributed by atoms with Crippen LogP contribution < -0.4 is 10.5 Å². The second-order valence-corrected chi connectivity index (χ2v) is 17.5. The molecule has 3 heterocycles. The third kappa shape index (κ3) is 6.02. The van der Waals surface area contributed by atoms with Gasteiger partial charge in [-0.05, 0) is 72.0 Å². The van der Waals surface area contributed by atoms with Crippen LogP contribution in [0.2, 0.25) is 23.2 Å². The molecule has 3 unspecified atom stereocenters. The molecule has 13 heteroatoms. The Kier molecular flexibility index (Phi) is 8.90. The van der Waals surface area contributed by atoms with E-state index < -0.39 is 20.2 Å². The quantitative estimate of drug-likeness (QED) is 0.279. The molecule has 4 rings (SSSR count). The van der Waals surface area contributed by atoms with Gasteiger partial charge in [0.25, 0.3) is 11.8 Å². The predicted octanol–water partition coefficient (Wildman–Crippen LogP) is 6.72. The van der Waals surface area contributed by atoms with E-state index in [-0.39, 0.29) is 51.4 Å². The van der Waals surface area contributed by atoms with E-state index in [1.54, 1.807) is 18.9 Å². The molecule has 9 nitrogen and oxygen atoms in total. The van der Waals surface area contributed by atoms with Gasteiger partial charge in [-0.3, -0.25) is 9.48 Å². The van der Waals surface area contributed by atoms with E-state index in [4.69, 9.17) is 31.6 Å². The molecule has 1 aliphatic heterocycles. The second kappa shape index (κ2) is 11.6. The lowest BCUT2D eigenvalue weighted by Gasteiger charge is -2.51. The summed E-state index contributed by atoms with van der Waals surface area (Å²) in [5.74, 6) is -0.615. The maximum atomic E-state index is 14.6. The molecule has 0 saturated carbocycles. The van der Waals surface area contributed by atoms with Crippen LogP contribution in [0.3, 0.4) is 0 Å². The highest BCUT2D eigenvalue weighted by Crippen LogP contribution is 2.52. The standard InChI is InChI=1S/C28H37BrClFN6O3Si/c1-15-11-18(37(35-15)21-14-39-41(7,8)28(4,5)16(21)2)13-36(6)27(38)19-9-10-20(31)24(30)23(19)17(3)40-26-25(32)33-12-22(29)34-26/h9-12,16-17,21H,13-14H2,1-8H3,(H2,32,33). The Morgan fingerprint density at radius 2 is 2.10 bits per heavy atom. The summed E-state index contributed by atoms with van der Waals surface area (Å²) in [6, 6.07) is 4.61. The van der Waals surface area contributed by atoms with Gasteiger partial charge in [0.1, 0.15) is 16.5 Å². The molecule has 1 amide bonds. The molecule has 2 N–H and O–H groups in total. The van der Waals surface area contributed by atoms with Gasteiger partial charge in [-0.25, -0.2) is 14.4 Å². The number of rotatable bonds is 7. The Bertz CT molecular complexity index is 1470. The van der Waals surface area contributed by atoms with Gasteiger partial charge in [-0.2, -0.15) is 5.10 Å². The zero-order chi connectivity index (χ0) is 30.4. The minimum Gasteiger partial charge on any atom is -0.467 e. The molecule has 1 aromatic carbocycles. The van der Waals surface area contributed by atoms with Crippen LogP contribution in [0.5, 0.6) is 5.88 Å². The van der Waals surface area contributed by atoms with Crippen LogP contribution in [0.1, 0.15) is 67.2 Å². The highest BCUT2D eigenvalue weighted by molar-refractivity contribution is 9.10. The average Bonchev–Trinajstić information content (AvgIpc) is 3.25. The molecule has 2 aromatic heterocycles. The van der Waals surface area contributed by atoms with E-state index >= 15 is 0 Å².